The number of hydrogen-bond acceptors (Lipinski definition) is 17. The molecule has 1 aliphatic rings. The minimum Gasteiger partial charge on any atom is -0.480 e. The van der Waals surface area contributed by atoms with Crippen LogP contribution in [0.25, 0.3) is 0 Å². The number of nitrogens with two attached hydrogens (primary N) is 7. The van der Waals surface area contributed by atoms with Gasteiger partial charge in [0.15, 0.2) is 17.9 Å². The Bertz CT molecular complexity index is 2510. The van der Waals surface area contributed by atoms with E-state index in [2.05, 4.69) is 68.1 Å². The highest BCUT2D eigenvalue weighted by molar-refractivity contribution is 8.76. The van der Waals surface area contributed by atoms with E-state index in [1.54, 1.807) is 83.1 Å². The number of nitrogens with one attached hydrogen (secondary N) is 10. The largest absolute Gasteiger partial charge is 0.480 e. The molecule has 25 N–H and O–H groups in total. The van der Waals surface area contributed by atoms with Gasteiger partial charge in [-0.25, -0.2) is 4.79 Å². The van der Waals surface area contributed by atoms with Gasteiger partial charge in [0.05, 0.1) is 6.04 Å². The lowest BCUT2D eigenvalue weighted by Gasteiger charge is -2.32. The maximum absolute atomic E-state index is 14.8. The Morgan fingerprint density at radius 1 is 0.505 bits per heavy atom. The molecule has 34 heteroatoms. The molecule has 1 heterocycles. The molecule has 0 aromatic heterocycles. The van der Waals surface area contributed by atoms with E-state index >= 15 is 0 Å². The zero-order valence-electron chi connectivity index (χ0n) is 54.9. The summed E-state index contributed by atoms with van der Waals surface area (Å²) in [6.45, 7) is 20.6. The first kappa shape index (κ1) is 81.7. The Hall–Kier alpha value is -7.36. The van der Waals surface area contributed by atoms with Gasteiger partial charge in [-0.15, -0.1) is 0 Å². The molecule has 518 valence electrons. The number of aliphatic carboxylic acids is 1. The molecular formula is C57H106N20O12S2. The summed E-state index contributed by atoms with van der Waals surface area (Å²) in [4.78, 5) is 168. The summed E-state index contributed by atoms with van der Waals surface area (Å²) in [5.41, 5.74) is 39.4. The highest BCUT2D eigenvalue weighted by Crippen LogP contribution is 2.24. The van der Waals surface area contributed by atoms with Gasteiger partial charge in [-0.2, -0.15) is 0 Å². The van der Waals surface area contributed by atoms with Crippen LogP contribution in [0.1, 0.15) is 141 Å². The van der Waals surface area contributed by atoms with Crippen LogP contribution in [0.4, 0.5) is 0 Å². The first-order valence-corrected chi connectivity index (χ1v) is 33.5. The van der Waals surface area contributed by atoms with Gasteiger partial charge in [-0.3, -0.25) is 62.9 Å². The number of carboxylic acids is 1. The van der Waals surface area contributed by atoms with E-state index in [0.717, 1.165) is 21.6 Å². The van der Waals surface area contributed by atoms with Crippen LogP contribution in [0, 0.1) is 35.5 Å². The summed E-state index contributed by atoms with van der Waals surface area (Å²) in [6, 6.07) is -14.9. The maximum Gasteiger partial charge on any atom is 0.327 e. The Morgan fingerprint density at radius 3 is 1.27 bits per heavy atom. The molecule has 0 bridgehead atoms. The molecule has 1 rings (SSSR count). The average Bonchev–Trinajstić information content (AvgIpc) is 1.04. The third-order valence-corrected chi connectivity index (χ3v) is 17.4. The van der Waals surface area contributed by atoms with Gasteiger partial charge in [0.2, 0.25) is 59.1 Å². The molecule has 1 aliphatic heterocycles. The van der Waals surface area contributed by atoms with Crippen molar-refractivity contribution < 1.29 is 57.8 Å². The zero-order valence-corrected chi connectivity index (χ0v) is 56.5. The van der Waals surface area contributed by atoms with Crippen LogP contribution in [-0.4, -0.2) is 186 Å². The highest BCUT2D eigenvalue weighted by Gasteiger charge is 2.39. The summed E-state index contributed by atoms with van der Waals surface area (Å²) < 4.78 is 0. The number of carbonyl (C=O) groups is 11. The number of nitrogens with zero attached hydrogens (tertiary/aromatic N) is 3. The molecule has 32 nitrogen and oxygen atoms in total. The molecule has 0 spiro atoms. The number of rotatable bonds is 26. The number of aliphatic imine (C=N–C) groups is 3. The van der Waals surface area contributed by atoms with Crippen molar-refractivity contribution in [2.24, 2.45) is 90.6 Å². The lowest BCUT2D eigenvalue weighted by molar-refractivity contribution is -0.142. The van der Waals surface area contributed by atoms with Crippen LogP contribution < -0.4 is 93.3 Å². The fourth-order valence-corrected chi connectivity index (χ4v) is 11.4. The maximum atomic E-state index is 14.8. The third-order valence-electron chi connectivity index (χ3n) is 14.9. The number of amides is 10. The predicted octanol–water partition coefficient (Wildman–Crippen LogP) is -3.09. The fraction of sp³-hybridized carbons (Fsp3) is 0.754. The van der Waals surface area contributed by atoms with Gasteiger partial charge in [-0.1, -0.05) is 118 Å². The smallest absolute Gasteiger partial charge is 0.327 e. The van der Waals surface area contributed by atoms with E-state index in [9.17, 15) is 57.8 Å². The summed E-state index contributed by atoms with van der Waals surface area (Å²) >= 11 is 0. The average molecular weight is 1330 g/mol. The number of carbonyl (C=O) groups excluding carboxylic acids is 10. The van der Waals surface area contributed by atoms with Gasteiger partial charge in [0.25, 0.3) is 0 Å². The standard InChI is InChI=1S/C57H106N20O12S2/c1-13-31(11)42-52(86)69-35(20-17-23-67-57(63)64)45(79)73-39(28(5)6)49(83)72-38(54(88)89)26-91-90-25-37(71-47(81)36(24-27(3)4)70-44(78)33(58)18-15-21-65-55(59)60)48(82)68-34(19-16-22-66-56(61)62)46(80)76-43(32(12)14-2)53(87)75-40(29(7)8)50(84)74-41(30(9)10)51(85)77-42/h27-43H,13-26,58H2,1-12H3,(H,68,82)(H,69,86)(H,70,78)(H,71,81)(H,72,83)(H,73,79)(H,74,84)(H,75,87)(H,76,80)(H,77,85)(H,88,89)(H4,59,60,65)(H4,61,62,66)(H4,63,64,67)/t31-,32-,33-,34?,35-,36-,37-,38?,39?,40?,41-,42?,43-/m0/s1. The van der Waals surface area contributed by atoms with Gasteiger partial charge >= 0.3 is 5.97 Å². The molecule has 1 fully saturated rings. The van der Waals surface area contributed by atoms with E-state index < -0.39 is 161 Å². The van der Waals surface area contributed by atoms with Crippen LogP contribution in [0.15, 0.2) is 15.0 Å². The molecule has 0 radical (unpaired) electrons. The van der Waals surface area contributed by atoms with Gasteiger partial charge in [-0.05, 0) is 80.5 Å². The summed E-state index contributed by atoms with van der Waals surface area (Å²) in [5, 5.41) is 37.4. The van der Waals surface area contributed by atoms with Crippen molar-refractivity contribution in [3.63, 3.8) is 0 Å². The molecule has 13 atom stereocenters. The minimum absolute atomic E-state index is 0.00310. The van der Waals surface area contributed by atoms with Crippen molar-refractivity contribution in [1.29, 1.82) is 0 Å². The van der Waals surface area contributed by atoms with Gasteiger partial charge in [0, 0.05) is 31.1 Å². The second-order valence-electron chi connectivity index (χ2n) is 24.2. The Morgan fingerprint density at radius 2 is 0.868 bits per heavy atom. The normalized spacial score (nSPS) is 23.9. The SMILES string of the molecule is CC[C@H](C)C1NC(=O)[C@H](C(C)C)NC(=O)C(C(C)C)NC(=O)[C@H]([C@@H](C)CC)NC(=O)C(CCCN=C(N)N)NC(=O)[C@@H](NC(=O)[C@H](CC(C)C)NC(=O)[C@@H](N)CCCN=C(N)N)CSSCC(C(=O)O)NC(=O)C(C(C)C)NC(=O)[C@H](CCCN=C(N)N)NC1=O. The van der Waals surface area contributed by atoms with Gasteiger partial charge in [0.1, 0.15) is 60.4 Å². The second-order valence-corrected chi connectivity index (χ2v) is 26.8. The lowest BCUT2D eigenvalue weighted by atomic mass is 9.94. The molecule has 0 aromatic rings. The first-order chi connectivity index (χ1) is 42.6. The second kappa shape index (κ2) is 41.9. The van der Waals surface area contributed by atoms with E-state index in [1.807, 2.05) is 0 Å². The van der Waals surface area contributed by atoms with Crippen LogP contribution in [-0.2, 0) is 52.7 Å². The fourth-order valence-electron chi connectivity index (χ4n) is 9.08. The Balaban J connectivity index is 4.23. The first-order valence-electron chi connectivity index (χ1n) is 31.0. The molecule has 10 amide bonds. The molecule has 0 aromatic carbocycles. The quantitative estimate of drug-likeness (QED) is 0.0177. The summed E-state index contributed by atoms with van der Waals surface area (Å²) in [6.07, 6.45) is 1.25. The summed E-state index contributed by atoms with van der Waals surface area (Å²) in [5.74, 6) is -14.2. The van der Waals surface area contributed by atoms with Crippen LogP contribution in [0.5, 0.6) is 0 Å². The van der Waals surface area contributed by atoms with E-state index in [1.165, 1.54) is 0 Å². The van der Waals surface area contributed by atoms with E-state index in [0.29, 0.717) is 19.3 Å². The van der Waals surface area contributed by atoms with Crippen molar-refractivity contribution in [3.8, 4) is 0 Å². The van der Waals surface area contributed by atoms with Crippen LogP contribution in [0.2, 0.25) is 0 Å². The Labute approximate surface area is 542 Å². The molecule has 1 saturated heterocycles. The van der Waals surface area contributed by atoms with Gasteiger partial charge < -0.3 is 98.4 Å². The third kappa shape index (κ3) is 30.5. The van der Waals surface area contributed by atoms with Crippen molar-refractivity contribution in [2.45, 2.75) is 207 Å². The van der Waals surface area contributed by atoms with Crippen molar-refractivity contribution in [2.75, 3.05) is 31.1 Å². The topological polar surface area (TPSA) is 548 Å². The molecule has 5 unspecified atom stereocenters. The molecule has 0 saturated carbocycles. The molecule has 0 aliphatic carbocycles. The minimum atomic E-state index is -1.62. The van der Waals surface area contributed by atoms with Crippen LogP contribution in [0.3, 0.4) is 0 Å². The summed E-state index contributed by atoms with van der Waals surface area (Å²) in [7, 11) is 1.80. The van der Waals surface area contributed by atoms with E-state index in [4.69, 9.17) is 40.1 Å². The monoisotopic (exact) mass is 1330 g/mol. The number of guanidine groups is 3. The Kier molecular flexibility index (Phi) is 37.6. The molecule has 91 heavy (non-hydrogen) atoms. The predicted molar refractivity (Wildman–Crippen MR) is 352 cm³/mol. The van der Waals surface area contributed by atoms with E-state index in [-0.39, 0.29) is 93.5 Å². The highest BCUT2D eigenvalue weighted by atomic mass is 33.1. The zero-order chi connectivity index (χ0) is 69.4. The number of hydrogen-bond donors (Lipinski definition) is 18. The van der Waals surface area contributed by atoms with Crippen molar-refractivity contribution in [3.05, 3.63) is 0 Å². The van der Waals surface area contributed by atoms with Crippen LogP contribution >= 0.6 is 21.6 Å². The number of carboxylic acid groups (broad SMARTS) is 1. The van der Waals surface area contributed by atoms with Crippen molar-refractivity contribution in [1.82, 2.24) is 53.2 Å². The lowest BCUT2D eigenvalue weighted by Crippen LogP contribution is -2.63. The van der Waals surface area contributed by atoms with Crippen molar-refractivity contribution >= 4 is 105 Å². The molecular weight excluding hydrogens is 1220 g/mol.